The molecule has 0 unspecified atom stereocenters. The summed E-state index contributed by atoms with van der Waals surface area (Å²) in [4.78, 5) is 0. The van der Waals surface area contributed by atoms with Gasteiger partial charge in [-0.3, -0.25) is 0 Å². The molecule has 2 aromatic rings. The molecule has 74 valence electrons. The lowest BCUT2D eigenvalue weighted by Gasteiger charge is -1.96. The van der Waals surface area contributed by atoms with E-state index in [4.69, 9.17) is 0 Å². The van der Waals surface area contributed by atoms with Crippen molar-refractivity contribution in [2.45, 2.75) is 0 Å². The minimum Gasteiger partial charge on any atom is -0.207 e. The van der Waals surface area contributed by atoms with Gasteiger partial charge in [-0.25, -0.2) is 12.8 Å². The lowest BCUT2D eigenvalue weighted by molar-refractivity contribution is 0.585. The van der Waals surface area contributed by atoms with Gasteiger partial charge >= 0.3 is 0 Å². The van der Waals surface area contributed by atoms with Gasteiger partial charge in [0.1, 0.15) is 16.9 Å². The predicted octanol–water partition coefficient (Wildman–Crippen LogP) is 0.378. The average molecular weight is 215 g/mol. The van der Waals surface area contributed by atoms with Crippen LogP contribution in [0.2, 0.25) is 0 Å². The number of benzene rings is 1. The Morgan fingerprint density at radius 1 is 1.43 bits per heavy atom. The third kappa shape index (κ3) is 1.35. The number of halogens is 1. The zero-order valence-electron chi connectivity index (χ0n) is 7.18. The van der Waals surface area contributed by atoms with Crippen molar-refractivity contribution in [2.24, 2.45) is 0 Å². The molecule has 14 heavy (non-hydrogen) atoms. The Kier molecular flexibility index (Phi) is 1.78. The molecule has 0 N–H and O–H groups in total. The Hall–Kier alpha value is -1.50. The first kappa shape index (κ1) is 9.07. The summed E-state index contributed by atoms with van der Waals surface area (Å²) in [5, 5.41) is 6.96. The van der Waals surface area contributed by atoms with E-state index >= 15 is 0 Å². The Morgan fingerprint density at radius 2 is 2.14 bits per heavy atom. The molecule has 0 saturated carbocycles. The molecule has 0 spiro atoms. The van der Waals surface area contributed by atoms with E-state index in [0.717, 1.165) is 22.5 Å². The highest BCUT2D eigenvalue weighted by atomic mass is 32.2. The van der Waals surface area contributed by atoms with Gasteiger partial charge in [0.2, 0.25) is 0 Å². The summed E-state index contributed by atoms with van der Waals surface area (Å²) < 4.78 is 35.8. The van der Waals surface area contributed by atoms with Crippen LogP contribution < -0.4 is 0 Å². The summed E-state index contributed by atoms with van der Waals surface area (Å²) in [5.74, 6) is -0.474. The van der Waals surface area contributed by atoms with E-state index in [1.54, 1.807) is 0 Å². The van der Waals surface area contributed by atoms with Crippen molar-refractivity contribution in [3.63, 3.8) is 0 Å². The summed E-state index contributed by atoms with van der Waals surface area (Å²) in [6.07, 6.45) is 1.00. The van der Waals surface area contributed by atoms with E-state index in [2.05, 4.69) is 10.3 Å². The van der Waals surface area contributed by atoms with Gasteiger partial charge in [0.05, 0.1) is 6.26 Å². The van der Waals surface area contributed by atoms with Crippen LogP contribution in [0.15, 0.2) is 18.2 Å². The fraction of sp³-hybridized carbons (Fsp3) is 0.143. The van der Waals surface area contributed by atoms with Crippen LogP contribution in [-0.4, -0.2) is 29.1 Å². The van der Waals surface area contributed by atoms with Crippen LogP contribution >= 0.6 is 0 Å². The number of rotatable bonds is 1. The van der Waals surface area contributed by atoms with E-state index < -0.39 is 15.8 Å². The highest BCUT2D eigenvalue weighted by Crippen LogP contribution is 2.13. The van der Waals surface area contributed by atoms with Crippen molar-refractivity contribution in [3.05, 3.63) is 24.0 Å². The van der Waals surface area contributed by atoms with Crippen LogP contribution in [0.25, 0.3) is 11.0 Å². The second-order valence-electron chi connectivity index (χ2n) is 2.83. The topological polar surface area (TPSA) is 64.8 Å². The van der Waals surface area contributed by atoms with Crippen LogP contribution in [0, 0.1) is 5.82 Å². The Balaban J connectivity index is 2.83. The minimum absolute atomic E-state index is 0.218. The number of fused-ring (bicyclic) bond motifs is 1. The number of hydrogen-bond acceptors (Lipinski definition) is 4. The predicted molar refractivity (Wildman–Crippen MR) is 47.7 cm³/mol. The first-order chi connectivity index (χ1) is 6.48. The van der Waals surface area contributed by atoms with Gasteiger partial charge in [-0.05, 0) is 12.1 Å². The quantitative estimate of drug-likeness (QED) is 0.689. The van der Waals surface area contributed by atoms with Gasteiger partial charge in [-0.1, -0.05) is 5.21 Å². The molecule has 0 atom stereocenters. The summed E-state index contributed by atoms with van der Waals surface area (Å²) >= 11 is 0. The second kappa shape index (κ2) is 2.74. The molecule has 1 heterocycles. The molecule has 0 amide bonds. The maximum Gasteiger partial charge on any atom is 0.252 e. The summed E-state index contributed by atoms with van der Waals surface area (Å²) in [5.41, 5.74) is 0.490. The molecule has 7 heteroatoms. The van der Waals surface area contributed by atoms with Crippen molar-refractivity contribution in [1.82, 2.24) is 14.4 Å². The van der Waals surface area contributed by atoms with Crippen molar-refractivity contribution in [1.29, 1.82) is 0 Å². The maximum atomic E-state index is 12.7. The number of nitrogens with zero attached hydrogens (tertiary/aromatic N) is 3. The molecule has 0 aliphatic carbocycles. The zero-order valence-corrected chi connectivity index (χ0v) is 7.99. The minimum atomic E-state index is -3.48. The fourth-order valence-corrected chi connectivity index (χ4v) is 1.80. The Bertz CT molecular complexity index is 590. The molecule has 0 fully saturated rings. The lowest BCUT2D eigenvalue weighted by Crippen LogP contribution is -2.11. The van der Waals surface area contributed by atoms with E-state index in [1.165, 1.54) is 6.07 Å². The number of hydrogen-bond donors (Lipinski definition) is 0. The third-order valence-corrected chi connectivity index (χ3v) is 2.59. The molecule has 0 aliphatic rings. The van der Waals surface area contributed by atoms with Crippen molar-refractivity contribution >= 4 is 21.1 Å². The van der Waals surface area contributed by atoms with Crippen LogP contribution in [0.1, 0.15) is 0 Å². The monoisotopic (exact) mass is 215 g/mol. The molecule has 1 aromatic carbocycles. The van der Waals surface area contributed by atoms with Crippen LogP contribution in [0.5, 0.6) is 0 Å². The van der Waals surface area contributed by atoms with Crippen LogP contribution in [0.3, 0.4) is 0 Å². The van der Waals surface area contributed by atoms with Crippen molar-refractivity contribution in [2.75, 3.05) is 6.26 Å². The Morgan fingerprint density at radius 3 is 2.79 bits per heavy atom. The largest absolute Gasteiger partial charge is 0.252 e. The van der Waals surface area contributed by atoms with E-state index in [0.29, 0.717) is 0 Å². The lowest BCUT2D eigenvalue weighted by atomic mass is 10.3. The zero-order chi connectivity index (χ0) is 10.3. The van der Waals surface area contributed by atoms with Crippen molar-refractivity contribution in [3.8, 4) is 0 Å². The van der Waals surface area contributed by atoms with Gasteiger partial charge in [-0.15, -0.1) is 9.19 Å². The van der Waals surface area contributed by atoms with Gasteiger partial charge in [0.15, 0.2) is 0 Å². The SMILES string of the molecule is CS(=O)(=O)n1nnc2cc(F)ccc21. The van der Waals surface area contributed by atoms with E-state index in [-0.39, 0.29) is 11.0 Å². The summed E-state index contributed by atoms with van der Waals surface area (Å²) in [6.45, 7) is 0. The molecule has 0 aliphatic heterocycles. The highest BCUT2D eigenvalue weighted by molar-refractivity contribution is 7.89. The highest BCUT2D eigenvalue weighted by Gasteiger charge is 2.12. The van der Waals surface area contributed by atoms with E-state index in [1.807, 2.05) is 0 Å². The first-order valence-corrected chi connectivity index (χ1v) is 5.55. The molecular weight excluding hydrogens is 209 g/mol. The molecule has 2 rings (SSSR count). The standard InChI is InChI=1S/C7H6FN3O2S/c1-14(12,13)11-7-3-2-5(8)4-6(7)9-10-11/h2-4H,1H3. The summed E-state index contributed by atoms with van der Waals surface area (Å²) in [6, 6.07) is 3.61. The van der Waals surface area contributed by atoms with Gasteiger partial charge in [0, 0.05) is 6.07 Å². The molecule has 0 radical (unpaired) electrons. The maximum absolute atomic E-state index is 12.7. The fourth-order valence-electron chi connectivity index (χ4n) is 1.12. The van der Waals surface area contributed by atoms with E-state index in [9.17, 15) is 12.8 Å². The molecule has 0 bridgehead atoms. The van der Waals surface area contributed by atoms with Gasteiger partial charge in [0.25, 0.3) is 10.0 Å². The van der Waals surface area contributed by atoms with Gasteiger partial charge in [-0.2, -0.15) is 0 Å². The Labute approximate surface area is 79.2 Å². The van der Waals surface area contributed by atoms with Crippen LogP contribution in [-0.2, 0) is 10.0 Å². The normalized spacial score (nSPS) is 12.1. The van der Waals surface area contributed by atoms with Crippen molar-refractivity contribution < 1.29 is 12.8 Å². The second-order valence-corrected chi connectivity index (χ2v) is 4.64. The average Bonchev–Trinajstić information content (AvgIpc) is 2.45. The molecule has 1 aromatic heterocycles. The van der Waals surface area contributed by atoms with Crippen LogP contribution in [0.4, 0.5) is 4.39 Å². The van der Waals surface area contributed by atoms with Gasteiger partial charge < -0.3 is 0 Å². The molecule has 0 saturated heterocycles. The number of aromatic nitrogens is 3. The molecule has 5 nitrogen and oxygen atoms in total. The smallest absolute Gasteiger partial charge is 0.207 e. The first-order valence-electron chi connectivity index (χ1n) is 3.70. The summed E-state index contributed by atoms with van der Waals surface area (Å²) in [7, 11) is -3.48. The third-order valence-electron chi connectivity index (χ3n) is 1.69. The molecular formula is C7H6FN3O2S.